The van der Waals surface area contributed by atoms with E-state index in [1.54, 1.807) is 17.0 Å². The van der Waals surface area contributed by atoms with Gasteiger partial charge in [-0.05, 0) is 55.6 Å². The second kappa shape index (κ2) is 8.05. The number of halogens is 3. The Labute approximate surface area is 156 Å². The van der Waals surface area contributed by atoms with Gasteiger partial charge in [-0.2, -0.15) is 0 Å². The van der Waals surface area contributed by atoms with Crippen molar-refractivity contribution in [2.24, 2.45) is 0 Å². The lowest BCUT2D eigenvalue weighted by Crippen LogP contribution is -2.44. The van der Waals surface area contributed by atoms with Crippen molar-refractivity contribution in [1.29, 1.82) is 0 Å². The molecule has 6 heteroatoms. The van der Waals surface area contributed by atoms with Gasteiger partial charge < -0.3 is 9.64 Å². The van der Waals surface area contributed by atoms with Gasteiger partial charge in [0, 0.05) is 16.1 Å². The number of benzene rings is 1. The van der Waals surface area contributed by atoms with Crippen LogP contribution in [0.2, 0.25) is 5.02 Å². The van der Waals surface area contributed by atoms with E-state index < -0.39 is 17.5 Å². The lowest BCUT2D eigenvalue weighted by atomic mass is 9.94. The average Bonchev–Trinajstić information content (AvgIpc) is 2.51. The minimum absolute atomic E-state index is 0.0419. The second-order valence-corrected chi connectivity index (χ2v) is 8.47. The van der Waals surface area contributed by atoms with Crippen LogP contribution in [0.15, 0.2) is 16.6 Å². The van der Waals surface area contributed by atoms with E-state index in [0.717, 1.165) is 25.7 Å². The number of ether oxygens (including phenoxy) is 1. The molecule has 0 atom stereocenters. The van der Waals surface area contributed by atoms with Gasteiger partial charge in [-0.3, -0.25) is 0 Å². The number of carbonyl (C=O) groups excluding carboxylic acids is 1. The smallest absolute Gasteiger partial charge is 0.410 e. The first-order chi connectivity index (χ1) is 11.2. The van der Waals surface area contributed by atoms with Gasteiger partial charge in [0.05, 0.1) is 11.6 Å². The molecule has 1 amide bonds. The van der Waals surface area contributed by atoms with E-state index in [-0.39, 0.29) is 17.6 Å². The molecule has 134 valence electrons. The maximum absolute atomic E-state index is 14.5. The zero-order chi connectivity index (χ0) is 17.9. The number of hydrogen-bond acceptors (Lipinski definition) is 2. The highest BCUT2D eigenvalue weighted by Gasteiger charge is 2.30. The molecule has 0 spiro atoms. The first kappa shape index (κ1) is 19.5. The molecule has 0 saturated heterocycles. The van der Waals surface area contributed by atoms with Crippen LogP contribution in [0.5, 0.6) is 0 Å². The lowest BCUT2D eigenvalue weighted by molar-refractivity contribution is 0.00967. The molecule has 1 fully saturated rings. The van der Waals surface area contributed by atoms with Crippen LogP contribution < -0.4 is 0 Å². The van der Waals surface area contributed by atoms with Gasteiger partial charge in [0.1, 0.15) is 11.4 Å². The molecule has 1 aliphatic carbocycles. The van der Waals surface area contributed by atoms with Crippen molar-refractivity contribution >= 4 is 33.6 Å². The Balaban J connectivity index is 2.25. The fourth-order valence-electron chi connectivity index (χ4n) is 2.93. The molecule has 0 heterocycles. The number of rotatable bonds is 3. The molecule has 0 N–H and O–H groups in total. The van der Waals surface area contributed by atoms with Gasteiger partial charge in [0.2, 0.25) is 0 Å². The summed E-state index contributed by atoms with van der Waals surface area (Å²) in [5, 5.41) is 0.0419. The maximum Gasteiger partial charge on any atom is 0.410 e. The lowest BCUT2D eigenvalue weighted by Gasteiger charge is -2.35. The van der Waals surface area contributed by atoms with Crippen LogP contribution >= 0.6 is 27.5 Å². The first-order valence-corrected chi connectivity index (χ1v) is 9.48. The number of nitrogens with zero attached hydrogens (tertiary/aromatic N) is 1. The molecule has 0 unspecified atom stereocenters. The van der Waals surface area contributed by atoms with Crippen molar-refractivity contribution in [3.8, 4) is 0 Å². The van der Waals surface area contributed by atoms with Crippen molar-refractivity contribution in [3.63, 3.8) is 0 Å². The average molecular weight is 421 g/mol. The van der Waals surface area contributed by atoms with Gasteiger partial charge in [-0.15, -0.1) is 0 Å². The Bertz CT molecular complexity index is 597. The SMILES string of the molecule is CC(C)(C)OC(=O)N(Cc1ccc(Br)c(Cl)c1F)C1CCCCC1. The van der Waals surface area contributed by atoms with E-state index in [1.165, 1.54) is 6.42 Å². The Morgan fingerprint density at radius 2 is 1.96 bits per heavy atom. The van der Waals surface area contributed by atoms with E-state index in [1.807, 2.05) is 20.8 Å². The first-order valence-electron chi connectivity index (χ1n) is 8.31. The molecule has 0 radical (unpaired) electrons. The third-order valence-electron chi connectivity index (χ3n) is 4.10. The highest BCUT2D eigenvalue weighted by atomic mass is 79.9. The monoisotopic (exact) mass is 419 g/mol. The van der Waals surface area contributed by atoms with Crippen LogP contribution in [-0.2, 0) is 11.3 Å². The molecule has 1 saturated carbocycles. The normalized spacial score (nSPS) is 16.1. The van der Waals surface area contributed by atoms with E-state index in [2.05, 4.69) is 15.9 Å². The fourth-order valence-corrected chi connectivity index (χ4v) is 3.42. The summed E-state index contributed by atoms with van der Waals surface area (Å²) in [6, 6.07) is 3.44. The topological polar surface area (TPSA) is 29.5 Å². The number of hydrogen-bond donors (Lipinski definition) is 0. The summed E-state index contributed by atoms with van der Waals surface area (Å²) in [7, 11) is 0. The van der Waals surface area contributed by atoms with E-state index in [9.17, 15) is 9.18 Å². The standard InChI is InChI=1S/C18H24BrClFNO2/c1-18(2,3)24-17(23)22(13-7-5-4-6-8-13)11-12-9-10-14(19)15(20)16(12)21/h9-10,13H,4-8,11H2,1-3H3. The molecule has 24 heavy (non-hydrogen) atoms. The predicted octanol–water partition coefficient (Wildman–Crippen LogP) is 6.31. The zero-order valence-corrected chi connectivity index (χ0v) is 16.7. The second-order valence-electron chi connectivity index (χ2n) is 7.23. The van der Waals surface area contributed by atoms with Crippen LogP contribution in [0.1, 0.15) is 58.4 Å². The van der Waals surface area contributed by atoms with E-state index in [0.29, 0.717) is 10.0 Å². The zero-order valence-electron chi connectivity index (χ0n) is 14.4. The molecular formula is C18H24BrClFNO2. The van der Waals surface area contributed by atoms with Crippen LogP contribution in [0.4, 0.5) is 9.18 Å². The molecule has 0 aromatic heterocycles. The summed E-state index contributed by atoms with van der Waals surface area (Å²) in [6.45, 7) is 5.67. The number of amides is 1. The van der Waals surface area contributed by atoms with Crippen LogP contribution in [0, 0.1) is 5.82 Å². The summed E-state index contributed by atoms with van der Waals surface area (Å²) in [5.74, 6) is -0.490. The molecule has 3 nitrogen and oxygen atoms in total. The molecule has 2 rings (SSSR count). The largest absolute Gasteiger partial charge is 0.444 e. The summed E-state index contributed by atoms with van der Waals surface area (Å²) >= 11 is 9.20. The van der Waals surface area contributed by atoms with Gasteiger partial charge in [0.15, 0.2) is 0 Å². The third-order valence-corrected chi connectivity index (χ3v) is 5.36. The molecule has 1 aromatic rings. The van der Waals surface area contributed by atoms with Crippen molar-refractivity contribution < 1.29 is 13.9 Å². The predicted molar refractivity (Wildman–Crippen MR) is 97.8 cm³/mol. The molecular weight excluding hydrogens is 397 g/mol. The maximum atomic E-state index is 14.5. The van der Waals surface area contributed by atoms with Crippen LogP contribution in [-0.4, -0.2) is 22.6 Å². The fraction of sp³-hybridized carbons (Fsp3) is 0.611. The van der Waals surface area contributed by atoms with E-state index >= 15 is 0 Å². The Hall–Kier alpha value is -0.810. The van der Waals surface area contributed by atoms with Gasteiger partial charge in [-0.25, -0.2) is 9.18 Å². The van der Waals surface area contributed by atoms with Gasteiger partial charge in [-0.1, -0.05) is 36.9 Å². The minimum Gasteiger partial charge on any atom is -0.444 e. The summed E-state index contributed by atoms with van der Waals surface area (Å²) in [6.07, 6.45) is 4.78. The van der Waals surface area contributed by atoms with E-state index in [4.69, 9.17) is 16.3 Å². The minimum atomic E-state index is -0.583. The Morgan fingerprint density at radius 3 is 2.54 bits per heavy atom. The Kier molecular flexibility index (Phi) is 6.54. The Morgan fingerprint density at radius 1 is 1.33 bits per heavy atom. The number of carbonyl (C=O) groups is 1. The quantitative estimate of drug-likeness (QED) is 0.536. The van der Waals surface area contributed by atoms with Crippen molar-refractivity contribution in [3.05, 3.63) is 33.0 Å². The summed E-state index contributed by atoms with van der Waals surface area (Å²) < 4.78 is 20.5. The van der Waals surface area contributed by atoms with Crippen molar-refractivity contribution in [2.45, 2.75) is 71.1 Å². The van der Waals surface area contributed by atoms with Gasteiger partial charge in [0.25, 0.3) is 0 Å². The van der Waals surface area contributed by atoms with Crippen molar-refractivity contribution in [2.75, 3.05) is 0 Å². The highest BCUT2D eigenvalue weighted by molar-refractivity contribution is 9.10. The van der Waals surface area contributed by atoms with Crippen LogP contribution in [0.25, 0.3) is 0 Å². The van der Waals surface area contributed by atoms with Gasteiger partial charge >= 0.3 is 6.09 Å². The highest BCUT2D eigenvalue weighted by Crippen LogP contribution is 2.31. The summed E-state index contributed by atoms with van der Waals surface area (Å²) in [4.78, 5) is 14.3. The van der Waals surface area contributed by atoms with Crippen LogP contribution in [0.3, 0.4) is 0 Å². The molecule has 0 aliphatic heterocycles. The molecule has 1 aliphatic rings. The summed E-state index contributed by atoms with van der Waals surface area (Å²) in [5.41, 5.74) is -0.181. The third kappa shape index (κ3) is 5.09. The van der Waals surface area contributed by atoms with Crippen molar-refractivity contribution in [1.82, 2.24) is 4.90 Å². The molecule has 1 aromatic carbocycles. The molecule has 0 bridgehead atoms.